The Balaban J connectivity index is 2.29. The number of hydrogen-bond acceptors (Lipinski definition) is 4. The number of aliphatic hydroxyl groups is 1. The highest BCUT2D eigenvalue weighted by Crippen LogP contribution is 2.11. The molecule has 1 aromatic rings. The maximum absolute atomic E-state index is 9.10. The van der Waals surface area contributed by atoms with Crippen molar-refractivity contribution in [3.05, 3.63) is 29.8 Å². The van der Waals surface area contributed by atoms with E-state index in [4.69, 9.17) is 14.6 Å². The van der Waals surface area contributed by atoms with E-state index in [1.807, 2.05) is 24.3 Å². The van der Waals surface area contributed by atoms with Crippen molar-refractivity contribution in [1.29, 1.82) is 0 Å². The van der Waals surface area contributed by atoms with Crippen molar-refractivity contribution in [2.45, 2.75) is 19.6 Å². The van der Waals surface area contributed by atoms with E-state index in [1.54, 1.807) is 14.0 Å². The van der Waals surface area contributed by atoms with Gasteiger partial charge in [0.2, 0.25) is 0 Å². The van der Waals surface area contributed by atoms with Crippen molar-refractivity contribution in [2.75, 3.05) is 26.9 Å². The summed E-state index contributed by atoms with van der Waals surface area (Å²) in [6.07, 6.45) is -0.313. The number of rotatable bonds is 8. The minimum Gasteiger partial charge on any atom is -0.491 e. The first kappa shape index (κ1) is 14.0. The van der Waals surface area contributed by atoms with E-state index in [0.29, 0.717) is 19.8 Å². The highest BCUT2D eigenvalue weighted by Gasteiger charge is 1.97. The average molecular weight is 239 g/mol. The van der Waals surface area contributed by atoms with Crippen LogP contribution in [-0.2, 0) is 11.3 Å². The van der Waals surface area contributed by atoms with E-state index in [1.165, 1.54) is 5.56 Å². The molecular weight excluding hydrogens is 218 g/mol. The normalized spacial score (nSPS) is 12.4. The molecule has 0 aliphatic carbocycles. The fourth-order valence-electron chi connectivity index (χ4n) is 1.37. The fourth-order valence-corrected chi connectivity index (χ4v) is 1.37. The van der Waals surface area contributed by atoms with E-state index in [2.05, 4.69) is 5.32 Å². The molecule has 96 valence electrons. The molecule has 0 aliphatic heterocycles. The minimum absolute atomic E-state index is 0.313. The molecule has 0 saturated carbocycles. The summed E-state index contributed by atoms with van der Waals surface area (Å²) in [7, 11) is 1.65. The zero-order valence-electron chi connectivity index (χ0n) is 10.5. The van der Waals surface area contributed by atoms with E-state index in [9.17, 15) is 0 Å². The van der Waals surface area contributed by atoms with Crippen LogP contribution in [0.4, 0.5) is 0 Å². The molecule has 0 radical (unpaired) electrons. The van der Waals surface area contributed by atoms with Crippen LogP contribution in [0.1, 0.15) is 12.5 Å². The van der Waals surface area contributed by atoms with Gasteiger partial charge in [-0.15, -0.1) is 0 Å². The topological polar surface area (TPSA) is 50.7 Å². The SMILES string of the molecule is COCCOc1ccc(CNCC(C)O)cc1. The van der Waals surface area contributed by atoms with Gasteiger partial charge in [-0.2, -0.15) is 0 Å². The molecule has 1 atom stereocenters. The Bertz CT molecular complexity index is 298. The third kappa shape index (κ3) is 6.26. The molecule has 0 aliphatic rings. The van der Waals surface area contributed by atoms with Crippen LogP contribution in [-0.4, -0.2) is 38.1 Å². The number of hydrogen-bond donors (Lipinski definition) is 2. The predicted molar refractivity (Wildman–Crippen MR) is 67.2 cm³/mol. The molecule has 1 unspecified atom stereocenters. The Morgan fingerprint density at radius 3 is 2.53 bits per heavy atom. The van der Waals surface area contributed by atoms with Gasteiger partial charge in [-0.25, -0.2) is 0 Å². The third-order valence-corrected chi connectivity index (χ3v) is 2.25. The van der Waals surface area contributed by atoms with Gasteiger partial charge in [0.05, 0.1) is 12.7 Å². The summed E-state index contributed by atoms with van der Waals surface area (Å²) in [4.78, 5) is 0. The summed E-state index contributed by atoms with van der Waals surface area (Å²) >= 11 is 0. The predicted octanol–water partition coefficient (Wildman–Crippen LogP) is 1.18. The fraction of sp³-hybridized carbons (Fsp3) is 0.538. The highest BCUT2D eigenvalue weighted by atomic mass is 16.5. The van der Waals surface area contributed by atoms with E-state index >= 15 is 0 Å². The van der Waals surface area contributed by atoms with Crippen molar-refractivity contribution < 1.29 is 14.6 Å². The Kier molecular flexibility index (Phi) is 6.62. The van der Waals surface area contributed by atoms with Crippen molar-refractivity contribution >= 4 is 0 Å². The van der Waals surface area contributed by atoms with Crippen molar-refractivity contribution in [2.24, 2.45) is 0 Å². The lowest BCUT2D eigenvalue weighted by atomic mass is 10.2. The van der Waals surface area contributed by atoms with Crippen LogP contribution in [0.2, 0.25) is 0 Å². The molecule has 0 spiro atoms. The van der Waals surface area contributed by atoms with Gasteiger partial charge in [-0.3, -0.25) is 0 Å². The molecular formula is C13H21NO3. The Labute approximate surface area is 103 Å². The van der Waals surface area contributed by atoms with E-state index < -0.39 is 0 Å². The summed E-state index contributed by atoms with van der Waals surface area (Å²) in [6, 6.07) is 7.90. The molecule has 1 rings (SSSR count). The van der Waals surface area contributed by atoms with Crippen LogP contribution in [0.15, 0.2) is 24.3 Å². The van der Waals surface area contributed by atoms with E-state index in [0.717, 1.165) is 12.3 Å². The Hall–Kier alpha value is -1.10. The quantitative estimate of drug-likeness (QED) is 0.669. The zero-order valence-corrected chi connectivity index (χ0v) is 10.5. The maximum Gasteiger partial charge on any atom is 0.119 e. The third-order valence-electron chi connectivity index (χ3n) is 2.25. The second-order valence-electron chi connectivity index (χ2n) is 3.97. The largest absolute Gasteiger partial charge is 0.491 e. The van der Waals surface area contributed by atoms with Crippen LogP contribution < -0.4 is 10.1 Å². The molecule has 4 heteroatoms. The second kappa shape index (κ2) is 8.06. The lowest BCUT2D eigenvalue weighted by Crippen LogP contribution is -2.23. The van der Waals surface area contributed by atoms with Crippen molar-refractivity contribution in [3.8, 4) is 5.75 Å². The van der Waals surface area contributed by atoms with Crippen LogP contribution in [0.25, 0.3) is 0 Å². The first-order chi connectivity index (χ1) is 8.22. The van der Waals surface area contributed by atoms with Crippen molar-refractivity contribution in [3.63, 3.8) is 0 Å². The summed E-state index contributed by atoms with van der Waals surface area (Å²) < 4.78 is 10.4. The number of nitrogens with one attached hydrogen (secondary N) is 1. The highest BCUT2D eigenvalue weighted by molar-refractivity contribution is 5.27. The Morgan fingerprint density at radius 2 is 1.94 bits per heavy atom. The smallest absolute Gasteiger partial charge is 0.119 e. The van der Waals surface area contributed by atoms with Crippen LogP contribution >= 0.6 is 0 Å². The van der Waals surface area contributed by atoms with Gasteiger partial charge in [0, 0.05) is 20.2 Å². The summed E-state index contributed by atoms with van der Waals surface area (Å²) in [6.45, 7) is 4.28. The molecule has 2 N–H and O–H groups in total. The molecule has 0 fully saturated rings. The lowest BCUT2D eigenvalue weighted by molar-refractivity contribution is 0.146. The standard InChI is InChI=1S/C13H21NO3/c1-11(15)9-14-10-12-3-5-13(6-4-12)17-8-7-16-2/h3-6,11,14-15H,7-10H2,1-2H3. The van der Waals surface area contributed by atoms with Crippen molar-refractivity contribution in [1.82, 2.24) is 5.32 Å². The number of benzene rings is 1. The molecule has 4 nitrogen and oxygen atoms in total. The maximum atomic E-state index is 9.10. The number of aliphatic hydroxyl groups excluding tert-OH is 1. The van der Waals surface area contributed by atoms with Crippen LogP contribution in [0.3, 0.4) is 0 Å². The molecule has 1 aromatic carbocycles. The first-order valence-electron chi connectivity index (χ1n) is 5.82. The molecule has 0 amide bonds. The van der Waals surface area contributed by atoms with Gasteiger partial charge in [-0.1, -0.05) is 12.1 Å². The zero-order chi connectivity index (χ0) is 12.5. The lowest BCUT2D eigenvalue weighted by Gasteiger charge is -2.08. The van der Waals surface area contributed by atoms with Crippen LogP contribution in [0.5, 0.6) is 5.75 Å². The summed E-state index contributed by atoms with van der Waals surface area (Å²) in [5, 5.41) is 12.3. The van der Waals surface area contributed by atoms with Gasteiger partial charge in [0.1, 0.15) is 12.4 Å². The number of ether oxygens (including phenoxy) is 2. The molecule has 0 aromatic heterocycles. The van der Waals surface area contributed by atoms with Gasteiger partial charge in [-0.05, 0) is 24.6 Å². The molecule has 0 heterocycles. The van der Waals surface area contributed by atoms with Gasteiger partial charge >= 0.3 is 0 Å². The molecule has 0 saturated heterocycles. The average Bonchev–Trinajstić information content (AvgIpc) is 2.31. The summed E-state index contributed by atoms with van der Waals surface area (Å²) in [5.74, 6) is 0.848. The second-order valence-corrected chi connectivity index (χ2v) is 3.97. The van der Waals surface area contributed by atoms with E-state index in [-0.39, 0.29) is 6.10 Å². The molecule has 17 heavy (non-hydrogen) atoms. The minimum atomic E-state index is -0.313. The number of methoxy groups -OCH3 is 1. The summed E-state index contributed by atoms with van der Waals surface area (Å²) in [5.41, 5.74) is 1.17. The van der Waals surface area contributed by atoms with Gasteiger partial charge in [0.25, 0.3) is 0 Å². The van der Waals surface area contributed by atoms with Gasteiger partial charge in [0.15, 0.2) is 0 Å². The Morgan fingerprint density at radius 1 is 1.24 bits per heavy atom. The first-order valence-corrected chi connectivity index (χ1v) is 5.82. The van der Waals surface area contributed by atoms with Gasteiger partial charge < -0.3 is 19.9 Å². The monoisotopic (exact) mass is 239 g/mol. The molecule has 0 bridgehead atoms. The van der Waals surface area contributed by atoms with Crippen LogP contribution in [0, 0.1) is 0 Å².